The van der Waals surface area contributed by atoms with E-state index in [1.54, 1.807) is 0 Å². The number of rotatable bonds is 6. The summed E-state index contributed by atoms with van der Waals surface area (Å²) < 4.78 is 2.08. The Balaban J connectivity index is 2.09. The molecular weight excluding hydrogens is 202 g/mol. The van der Waals surface area contributed by atoms with Crippen LogP contribution >= 0.6 is 0 Å². The van der Waals surface area contributed by atoms with E-state index in [0.717, 1.165) is 13.1 Å². The number of aromatic nitrogens is 1. The molecule has 4 heteroatoms. The van der Waals surface area contributed by atoms with Gasteiger partial charge in [0.05, 0.1) is 0 Å². The Bertz CT molecular complexity index is 331. The van der Waals surface area contributed by atoms with Crippen molar-refractivity contribution in [2.75, 3.05) is 13.1 Å². The summed E-state index contributed by atoms with van der Waals surface area (Å²) in [6, 6.07) is 4.11. The number of amides is 1. The fraction of sp³-hybridized carbons (Fsp3) is 0.583. The molecule has 0 saturated carbocycles. The van der Waals surface area contributed by atoms with Crippen molar-refractivity contribution in [2.45, 2.75) is 20.4 Å². The zero-order valence-electron chi connectivity index (χ0n) is 10.3. The fourth-order valence-electron chi connectivity index (χ4n) is 1.37. The van der Waals surface area contributed by atoms with Gasteiger partial charge in [0.25, 0.3) is 0 Å². The van der Waals surface area contributed by atoms with Gasteiger partial charge in [-0.05, 0) is 12.1 Å². The third-order valence-electron chi connectivity index (χ3n) is 2.48. The lowest BCUT2D eigenvalue weighted by Gasteiger charge is -2.09. The van der Waals surface area contributed by atoms with Crippen molar-refractivity contribution in [2.24, 2.45) is 13.0 Å². The Hall–Kier alpha value is -1.29. The number of aryl methyl sites for hydroxylation is 1. The van der Waals surface area contributed by atoms with Crippen LogP contribution < -0.4 is 10.6 Å². The molecule has 0 aliphatic heterocycles. The number of carbonyl (C=O) groups excluding carboxylic acids is 1. The van der Waals surface area contributed by atoms with Crippen molar-refractivity contribution >= 4 is 5.91 Å². The molecule has 0 aliphatic rings. The third-order valence-corrected chi connectivity index (χ3v) is 2.48. The third kappa shape index (κ3) is 4.06. The summed E-state index contributed by atoms with van der Waals surface area (Å²) in [5, 5.41) is 6.16. The Labute approximate surface area is 97.0 Å². The molecule has 0 radical (unpaired) electrons. The average molecular weight is 223 g/mol. The number of nitrogens with zero attached hydrogens (tertiary/aromatic N) is 1. The molecule has 16 heavy (non-hydrogen) atoms. The van der Waals surface area contributed by atoms with Crippen LogP contribution in [0.1, 0.15) is 19.5 Å². The van der Waals surface area contributed by atoms with Gasteiger partial charge in [0.15, 0.2) is 0 Å². The summed E-state index contributed by atoms with van der Waals surface area (Å²) in [5.41, 5.74) is 1.25. The van der Waals surface area contributed by atoms with Crippen molar-refractivity contribution in [1.29, 1.82) is 0 Å². The van der Waals surface area contributed by atoms with Crippen LogP contribution in [0.3, 0.4) is 0 Å². The second-order valence-corrected chi connectivity index (χ2v) is 4.23. The highest BCUT2D eigenvalue weighted by Crippen LogP contribution is 1.97. The summed E-state index contributed by atoms with van der Waals surface area (Å²) in [6.45, 7) is 6.10. The van der Waals surface area contributed by atoms with Gasteiger partial charge in [0.1, 0.15) is 0 Å². The molecule has 2 N–H and O–H groups in total. The number of hydrogen-bond acceptors (Lipinski definition) is 2. The topological polar surface area (TPSA) is 46.1 Å². The second-order valence-electron chi connectivity index (χ2n) is 4.23. The number of hydrogen-bond donors (Lipinski definition) is 2. The SMILES string of the molecule is CC(C)C(=O)NCCNCc1cccn1C. The molecule has 0 aliphatic carbocycles. The van der Waals surface area contributed by atoms with Gasteiger partial charge in [-0.2, -0.15) is 0 Å². The summed E-state index contributed by atoms with van der Waals surface area (Å²) >= 11 is 0. The van der Waals surface area contributed by atoms with Crippen LogP contribution in [0.15, 0.2) is 18.3 Å². The maximum Gasteiger partial charge on any atom is 0.222 e. The van der Waals surface area contributed by atoms with Crippen LogP contribution in [0.4, 0.5) is 0 Å². The molecule has 0 aromatic carbocycles. The van der Waals surface area contributed by atoms with Crippen molar-refractivity contribution in [3.8, 4) is 0 Å². The Kier molecular flexibility index (Phi) is 5.05. The average Bonchev–Trinajstić information content (AvgIpc) is 2.63. The first kappa shape index (κ1) is 12.8. The summed E-state index contributed by atoms with van der Waals surface area (Å²) in [6.07, 6.45) is 2.03. The fourth-order valence-corrected chi connectivity index (χ4v) is 1.37. The standard InChI is InChI=1S/C12H21N3O/c1-10(2)12(16)14-7-6-13-9-11-5-4-8-15(11)3/h4-5,8,10,13H,6-7,9H2,1-3H3,(H,14,16). The van der Waals surface area contributed by atoms with Crippen LogP contribution in [0.5, 0.6) is 0 Å². The van der Waals surface area contributed by atoms with Gasteiger partial charge in [-0.25, -0.2) is 0 Å². The maximum absolute atomic E-state index is 11.2. The van der Waals surface area contributed by atoms with Gasteiger partial charge in [0.2, 0.25) is 5.91 Å². The minimum Gasteiger partial charge on any atom is -0.355 e. The van der Waals surface area contributed by atoms with E-state index in [1.807, 2.05) is 33.2 Å². The highest BCUT2D eigenvalue weighted by atomic mass is 16.1. The van der Waals surface area contributed by atoms with Gasteiger partial charge < -0.3 is 15.2 Å². The molecule has 1 heterocycles. The van der Waals surface area contributed by atoms with Gasteiger partial charge >= 0.3 is 0 Å². The highest BCUT2D eigenvalue weighted by Gasteiger charge is 2.04. The van der Waals surface area contributed by atoms with E-state index >= 15 is 0 Å². The molecule has 90 valence electrons. The minimum atomic E-state index is 0.0628. The molecule has 1 rings (SSSR count). The van der Waals surface area contributed by atoms with Crippen LogP contribution in [0.2, 0.25) is 0 Å². The Morgan fingerprint density at radius 2 is 2.19 bits per heavy atom. The monoisotopic (exact) mass is 223 g/mol. The van der Waals surface area contributed by atoms with Crippen molar-refractivity contribution in [3.05, 3.63) is 24.0 Å². The molecule has 0 spiro atoms. The molecule has 4 nitrogen and oxygen atoms in total. The summed E-state index contributed by atoms with van der Waals surface area (Å²) in [5.74, 6) is 0.175. The highest BCUT2D eigenvalue weighted by molar-refractivity contribution is 5.77. The lowest BCUT2D eigenvalue weighted by molar-refractivity contribution is -0.123. The predicted octanol–water partition coefficient (Wildman–Crippen LogP) is 0.887. The first-order valence-electron chi connectivity index (χ1n) is 5.70. The Morgan fingerprint density at radius 1 is 1.44 bits per heavy atom. The largest absolute Gasteiger partial charge is 0.355 e. The molecule has 0 saturated heterocycles. The van der Waals surface area contributed by atoms with E-state index in [-0.39, 0.29) is 11.8 Å². The lowest BCUT2D eigenvalue weighted by atomic mass is 10.2. The van der Waals surface area contributed by atoms with E-state index in [1.165, 1.54) is 5.69 Å². The maximum atomic E-state index is 11.2. The first-order chi connectivity index (χ1) is 7.61. The zero-order valence-corrected chi connectivity index (χ0v) is 10.3. The van der Waals surface area contributed by atoms with Crippen LogP contribution in [-0.4, -0.2) is 23.6 Å². The van der Waals surface area contributed by atoms with Crippen molar-refractivity contribution in [1.82, 2.24) is 15.2 Å². The van der Waals surface area contributed by atoms with Crippen molar-refractivity contribution < 1.29 is 4.79 Å². The van der Waals surface area contributed by atoms with Crippen LogP contribution in [-0.2, 0) is 18.4 Å². The summed E-state index contributed by atoms with van der Waals surface area (Å²) in [7, 11) is 2.03. The van der Waals surface area contributed by atoms with E-state index in [2.05, 4.69) is 21.3 Å². The smallest absolute Gasteiger partial charge is 0.222 e. The molecule has 0 atom stereocenters. The lowest BCUT2D eigenvalue weighted by Crippen LogP contribution is -2.34. The van der Waals surface area contributed by atoms with E-state index in [0.29, 0.717) is 6.54 Å². The molecule has 0 unspecified atom stereocenters. The van der Waals surface area contributed by atoms with Gasteiger partial charge in [-0.3, -0.25) is 4.79 Å². The molecule has 1 amide bonds. The zero-order chi connectivity index (χ0) is 12.0. The van der Waals surface area contributed by atoms with Gasteiger partial charge in [0, 0.05) is 44.5 Å². The molecule has 1 aromatic rings. The van der Waals surface area contributed by atoms with E-state index < -0.39 is 0 Å². The number of nitrogens with one attached hydrogen (secondary N) is 2. The van der Waals surface area contributed by atoms with Gasteiger partial charge in [-0.1, -0.05) is 13.8 Å². The molecule has 0 bridgehead atoms. The molecule has 1 aromatic heterocycles. The number of carbonyl (C=O) groups is 1. The quantitative estimate of drug-likeness (QED) is 0.703. The molecule has 0 fully saturated rings. The Morgan fingerprint density at radius 3 is 2.75 bits per heavy atom. The van der Waals surface area contributed by atoms with Crippen LogP contribution in [0.25, 0.3) is 0 Å². The van der Waals surface area contributed by atoms with E-state index in [9.17, 15) is 4.79 Å². The first-order valence-corrected chi connectivity index (χ1v) is 5.70. The minimum absolute atomic E-state index is 0.0628. The molecular formula is C12H21N3O. The van der Waals surface area contributed by atoms with Crippen molar-refractivity contribution in [3.63, 3.8) is 0 Å². The predicted molar refractivity (Wildman–Crippen MR) is 65.0 cm³/mol. The van der Waals surface area contributed by atoms with Gasteiger partial charge in [-0.15, -0.1) is 0 Å². The normalized spacial score (nSPS) is 10.8. The second kappa shape index (κ2) is 6.33. The summed E-state index contributed by atoms with van der Waals surface area (Å²) in [4.78, 5) is 11.2. The van der Waals surface area contributed by atoms with E-state index in [4.69, 9.17) is 0 Å². The van der Waals surface area contributed by atoms with Crippen LogP contribution in [0, 0.1) is 5.92 Å².